The lowest BCUT2D eigenvalue weighted by Crippen LogP contribution is -2.25. The molecule has 0 aliphatic rings. The summed E-state index contributed by atoms with van der Waals surface area (Å²) < 4.78 is 41.1. The predicted octanol–water partition coefficient (Wildman–Crippen LogP) is 8.44. The molecule has 0 amide bonds. The van der Waals surface area contributed by atoms with Gasteiger partial charge in [0.15, 0.2) is 9.84 Å². The van der Waals surface area contributed by atoms with Gasteiger partial charge in [-0.1, -0.05) is 76.2 Å². The van der Waals surface area contributed by atoms with Gasteiger partial charge in [0, 0.05) is 30.4 Å². The molecule has 0 saturated carbocycles. The summed E-state index contributed by atoms with van der Waals surface area (Å²) in [6.07, 6.45) is 3.23. The standard InChI is InChI=1S/C40H47N3O4S/c1-5-42(6-2)26-13-27-46-35-24-20-34(21-25-35)43-29-38(41-40(43)28-31(3)4)32-18-22-36(23-19-32)47-39(33-14-9-7-10-15-33)30-48(44,45)37-16-11-8-12-17-37/h7-12,14-25,29,31,39H,5-6,13,26-28,30H2,1-4H3. The van der Waals surface area contributed by atoms with E-state index in [2.05, 4.69) is 55.5 Å². The van der Waals surface area contributed by atoms with Gasteiger partial charge in [0.2, 0.25) is 0 Å². The lowest BCUT2D eigenvalue weighted by molar-refractivity contribution is 0.229. The smallest absolute Gasteiger partial charge is 0.182 e. The van der Waals surface area contributed by atoms with Gasteiger partial charge in [-0.2, -0.15) is 0 Å². The number of sulfone groups is 1. The quantitative estimate of drug-likeness (QED) is 0.0929. The van der Waals surface area contributed by atoms with Crippen LogP contribution in [0.2, 0.25) is 0 Å². The summed E-state index contributed by atoms with van der Waals surface area (Å²) in [7, 11) is -3.58. The van der Waals surface area contributed by atoms with Gasteiger partial charge in [-0.3, -0.25) is 0 Å². The van der Waals surface area contributed by atoms with E-state index in [0.717, 1.165) is 66.6 Å². The second kappa shape index (κ2) is 16.6. The summed E-state index contributed by atoms with van der Waals surface area (Å²) in [5.41, 5.74) is 3.65. The predicted molar refractivity (Wildman–Crippen MR) is 194 cm³/mol. The Morgan fingerprint density at radius 2 is 1.42 bits per heavy atom. The summed E-state index contributed by atoms with van der Waals surface area (Å²) in [4.78, 5) is 7.73. The second-order valence-electron chi connectivity index (χ2n) is 12.4. The van der Waals surface area contributed by atoms with Crippen molar-refractivity contribution >= 4 is 9.84 Å². The Kier molecular flexibility index (Phi) is 12.1. The summed E-state index contributed by atoms with van der Waals surface area (Å²) in [6.45, 7) is 12.6. The highest BCUT2D eigenvalue weighted by atomic mass is 32.2. The Morgan fingerprint density at radius 1 is 0.792 bits per heavy atom. The van der Waals surface area contributed by atoms with Gasteiger partial charge in [-0.25, -0.2) is 13.4 Å². The van der Waals surface area contributed by atoms with E-state index in [1.54, 1.807) is 24.3 Å². The third-order valence-corrected chi connectivity index (χ3v) is 10.1. The maximum Gasteiger partial charge on any atom is 0.182 e. The van der Waals surface area contributed by atoms with Crippen LogP contribution in [-0.2, 0) is 16.3 Å². The highest BCUT2D eigenvalue weighted by Crippen LogP contribution is 2.30. The number of ether oxygens (including phenoxy) is 2. The second-order valence-corrected chi connectivity index (χ2v) is 14.4. The van der Waals surface area contributed by atoms with Crippen molar-refractivity contribution in [2.75, 3.05) is 32.0 Å². The van der Waals surface area contributed by atoms with E-state index in [0.29, 0.717) is 18.3 Å². The molecule has 1 heterocycles. The SMILES string of the molecule is CCN(CC)CCCOc1ccc(-n2cc(-c3ccc(OC(CS(=O)(=O)c4ccccc4)c4ccccc4)cc3)nc2CC(C)C)cc1. The molecule has 8 heteroatoms. The monoisotopic (exact) mass is 665 g/mol. The van der Waals surface area contributed by atoms with Gasteiger partial charge in [-0.15, -0.1) is 0 Å². The Morgan fingerprint density at radius 3 is 2.04 bits per heavy atom. The van der Waals surface area contributed by atoms with Gasteiger partial charge in [0.1, 0.15) is 23.4 Å². The van der Waals surface area contributed by atoms with Gasteiger partial charge in [0.25, 0.3) is 0 Å². The van der Waals surface area contributed by atoms with Crippen LogP contribution in [-0.4, -0.2) is 54.9 Å². The third kappa shape index (κ3) is 9.36. The van der Waals surface area contributed by atoms with Crippen molar-refractivity contribution < 1.29 is 17.9 Å². The summed E-state index contributed by atoms with van der Waals surface area (Å²) >= 11 is 0. The van der Waals surface area contributed by atoms with Crippen molar-refractivity contribution in [3.63, 3.8) is 0 Å². The molecule has 4 aromatic carbocycles. The molecular formula is C40H47N3O4S. The molecule has 252 valence electrons. The topological polar surface area (TPSA) is 73.7 Å². The largest absolute Gasteiger partial charge is 0.494 e. The zero-order valence-electron chi connectivity index (χ0n) is 28.5. The van der Waals surface area contributed by atoms with Crippen LogP contribution in [0.5, 0.6) is 11.5 Å². The Balaban J connectivity index is 1.32. The highest BCUT2D eigenvalue weighted by Gasteiger charge is 2.24. The highest BCUT2D eigenvalue weighted by molar-refractivity contribution is 7.91. The van der Waals surface area contributed by atoms with Crippen LogP contribution in [0.3, 0.4) is 0 Å². The molecule has 5 aromatic rings. The first kappa shape index (κ1) is 34.9. The van der Waals surface area contributed by atoms with Crippen LogP contribution in [0.4, 0.5) is 0 Å². The minimum Gasteiger partial charge on any atom is -0.494 e. The van der Waals surface area contributed by atoms with E-state index in [1.807, 2.05) is 72.8 Å². The molecule has 0 aliphatic carbocycles. The lowest BCUT2D eigenvalue weighted by atomic mass is 10.1. The van der Waals surface area contributed by atoms with Crippen LogP contribution in [0.15, 0.2) is 120 Å². The molecule has 5 rings (SSSR count). The van der Waals surface area contributed by atoms with Crippen molar-refractivity contribution in [3.8, 4) is 28.4 Å². The summed E-state index contributed by atoms with van der Waals surface area (Å²) in [5, 5.41) is 0. The number of imidazole rings is 1. The summed E-state index contributed by atoms with van der Waals surface area (Å²) in [5.74, 6) is 2.70. The van der Waals surface area contributed by atoms with Crippen LogP contribution in [0, 0.1) is 5.92 Å². The van der Waals surface area contributed by atoms with E-state index in [-0.39, 0.29) is 10.6 Å². The summed E-state index contributed by atoms with van der Waals surface area (Å²) in [6, 6.07) is 33.9. The number of aromatic nitrogens is 2. The maximum atomic E-state index is 13.3. The van der Waals surface area contributed by atoms with Crippen molar-refractivity contribution in [2.24, 2.45) is 5.92 Å². The van der Waals surface area contributed by atoms with Gasteiger partial charge in [0.05, 0.1) is 22.9 Å². The molecule has 1 unspecified atom stereocenters. The van der Waals surface area contributed by atoms with Crippen LogP contribution < -0.4 is 9.47 Å². The van der Waals surface area contributed by atoms with Gasteiger partial charge < -0.3 is 18.9 Å². The molecule has 0 saturated heterocycles. The molecule has 0 bridgehead atoms. The number of nitrogens with zero attached hydrogens (tertiary/aromatic N) is 3. The van der Waals surface area contributed by atoms with Crippen molar-refractivity contribution in [1.82, 2.24) is 14.5 Å². The number of rotatable bonds is 17. The minimum absolute atomic E-state index is 0.175. The average molecular weight is 666 g/mol. The fraction of sp³-hybridized carbons (Fsp3) is 0.325. The molecule has 7 nitrogen and oxygen atoms in total. The van der Waals surface area contributed by atoms with E-state index >= 15 is 0 Å². The molecule has 48 heavy (non-hydrogen) atoms. The molecule has 1 aromatic heterocycles. The zero-order valence-corrected chi connectivity index (χ0v) is 29.3. The average Bonchev–Trinajstić information content (AvgIpc) is 3.52. The number of benzene rings is 4. The fourth-order valence-corrected chi connectivity index (χ4v) is 7.09. The van der Waals surface area contributed by atoms with Gasteiger partial charge >= 0.3 is 0 Å². The van der Waals surface area contributed by atoms with Crippen LogP contribution in [0.1, 0.15) is 51.6 Å². The third-order valence-electron chi connectivity index (χ3n) is 8.34. The molecule has 0 spiro atoms. The van der Waals surface area contributed by atoms with E-state index < -0.39 is 15.9 Å². The Labute approximate surface area is 286 Å². The van der Waals surface area contributed by atoms with E-state index in [1.165, 1.54) is 0 Å². The first-order chi connectivity index (χ1) is 23.3. The Hall–Kier alpha value is -4.40. The molecule has 0 aliphatic heterocycles. The Bertz CT molecular complexity index is 1800. The van der Waals surface area contributed by atoms with E-state index in [9.17, 15) is 8.42 Å². The lowest BCUT2D eigenvalue weighted by Gasteiger charge is -2.20. The number of hydrogen-bond donors (Lipinski definition) is 0. The van der Waals surface area contributed by atoms with Gasteiger partial charge in [-0.05, 0) is 91.7 Å². The molecule has 1 atom stereocenters. The van der Waals surface area contributed by atoms with Crippen molar-refractivity contribution in [3.05, 3.63) is 127 Å². The molecule has 0 radical (unpaired) electrons. The number of hydrogen-bond acceptors (Lipinski definition) is 6. The normalized spacial score (nSPS) is 12.4. The molecular weight excluding hydrogens is 619 g/mol. The minimum atomic E-state index is -3.58. The van der Waals surface area contributed by atoms with E-state index in [4.69, 9.17) is 14.5 Å². The van der Waals surface area contributed by atoms with Crippen LogP contribution in [0.25, 0.3) is 16.9 Å². The fourth-order valence-electron chi connectivity index (χ4n) is 5.67. The molecule has 0 N–H and O–H groups in total. The van der Waals surface area contributed by atoms with Crippen molar-refractivity contribution in [1.29, 1.82) is 0 Å². The molecule has 0 fully saturated rings. The van der Waals surface area contributed by atoms with Crippen molar-refractivity contribution in [2.45, 2.75) is 51.5 Å². The first-order valence-corrected chi connectivity index (χ1v) is 18.5. The first-order valence-electron chi connectivity index (χ1n) is 16.9. The zero-order chi connectivity index (χ0) is 33.9. The van der Waals surface area contributed by atoms with Crippen LogP contribution >= 0.6 is 0 Å². The maximum absolute atomic E-state index is 13.3.